The number of aliphatic hydroxyl groups is 2. The molecule has 3 aliphatic rings. The Morgan fingerprint density at radius 1 is 0.941 bits per heavy atom. The third kappa shape index (κ3) is 11.5. The molecule has 17 heteroatoms. The van der Waals surface area contributed by atoms with Crippen molar-refractivity contribution in [3.63, 3.8) is 0 Å². The number of carbonyl (C=O) groups excluding carboxylic acids is 2. The van der Waals surface area contributed by atoms with Crippen molar-refractivity contribution in [1.82, 2.24) is 0 Å². The van der Waals surface area contributed by atoms with E-state index < -0.39 is 28.0 Å². The van der Waals surface area contributed by atoms with E-state index in [1.807, 2.05) is 36.4 Å². The third-order valence-electron chi connectivity index (χ3n) is 12.5. The van der Waals surface area contributed by atoms with Gasteiger partial charge in [0.05, 0.1) is 48.3 Å². The monoisotopic (exact) mass is 950 g/mol. The minimum absolute atomic E-state index is 0.0136. The predicted octanol–water partition coefficient (Wildman–Crippen LogP) is 9.81. The minimum Gasteiger partial charge on any atom is -0.497 e. The van der Waals surface area contributed by atoms with E-state index in [9.17, 15) is 29.9 Å². The van der Waals surface area contributed by atoms with Crippen LogP contribution in [0.3, 0.4) is 0 Å². The van der Waals surface area contributed by atoms with Gasteiger partial charge in [-0.3, -0.25) is 20.2 Å². The van der Waals surface area contributed by atoms with Crippen molar-refractivity contribution < 1.29 is 53.2 Å². The number of aliphatic hydroxyl groups excluding tert-OH is 2. The van der Waals surface area contributed by atoms with Gasteiger partial charge in [-0.1, -0.05) is 30.1 Å². The first-order valence-electron chi connectivity index (χ1n) is 22.7. The van der Waals surface area contributed by atoms with E-state index >= 15 is 0 Å². The second-order valence-electron chi connectivity index (χ2n) is 16.8. The highest BCUT2D eigenvalue weighted by atomic mass is 32.2. The molecule has 68 heavy (non-hydrogen) atoms. The zero-order valence-corrected chi connectivity index (χ0v) is 39.2. The van der Waals surface area contributed by atoms with Gasteiger partial charge in [-0.15, -0.1) is 18.3 Å². The number of hydrogen-bond acceptors (Lipinski definition) is 14. The fraction of sp³-hybridized carbons (Fsp3) is 0.392. The number of anilines is 2. The number of rotatable bonds is 22. The molecule has 4 aromatic rings. The van der Waals surface area contributed by atoms with E-state index in [1.54, 1.807) is 54.2 Å². The highest BCUT2D eigenvalue weighted by Gasteiger charge is 2.64. The summed E-state index contributed by atoms with van der Waals surface area (Å²) in [5, 5.41) is 41.3. The lowest BCUT2D eigenvalue weighted by atomic mass is 9.56. The first-order chi connectivity index (χ1) is 33.0. The molecule has 0 aromatic heterocycles. The molecule has 6 atom stereocenters. The van der Waals surface area contributed by atoms with Crippen LogP contribution >= 0.6 is 11.8 Å². The Hall–Kier alpha value is -6.40. The van der Waals surface area contributed by atoms with Crippen molar-refractivity contribution in [1.29, 1.82) is 0 Å². The molecular formula is C51H58N4O12S. The second kappa shape index (κ2) is 23.1. The molecule has 1 aliphatic heterocycles. The van der Waals surface area contributed by atoms with Crippen LogP contribution in [0.5, 0.6) is 23.0 Å². The zero-order valence-electron chi connectivity index (χ0n) is 38.4. The lowest BCUT2D eigenvalue weighted by Gasteiger charge is -2.58. The second-order valence-corrected chi connectivity index (χ2v) is 18.1. The van der Waals surface area contributed by atoms with Crippen molar-refractivity contribution in [3.8, 4) is 23.0 Å². The minimum atomic E-state index is -1.31. The standard InChI is InChI=1S/C51H58N4O12S/c1-5-26-64-51-47(68-39-20-14-35(15-21-39)52-32(2)58)30-44(54-65-31-33-12-16-36(17-13-33)55(60)61)41-27-34(10-6-8-24-56)40(11-7-9-25-57)48(49(41)51)42-28-38(19-23-45(42)67-51)66-50(59)53-43-22-18-37(62-3)29-46(43)63-4/h5,12-23,27-29,34,40,47-49,56-57H,1,6-11,24-26,30-31H2,2-4H3,(H,52,58)(H,53,59)/t34-,40+,47-,48+,49+,51+/m0/s1. The van der Waals surface area contributed by atoms with Crippen LogP contribution < -0.4 is 29.6 Å². The van der Waals surface area contributed by atoms with E-state index in [1.165, 1.54) is 33.3 Å². The number of fused-ring (bicyclic) bond motifs is 2. The van der Waals surface area contributed by atoms with Crippen LogP contribution in [-0.2, 0) is 21.0 Å². The topological polar surface area (TPSA) is 210 Å². The van der Waals surface area contributed by atoms with Crippen molar-refractivity contribution in [3.05, 3.63) is 130 Å². The average molecular weight is 951 g/mol. The van der Waals surface area contributed by atoms with E-state index in [0.717, 1.165) is 41.7 Å². The summed E-state index contributed by atoms with van der Waals surface area (Å²) in [6, 6.07) is 24.1. The number of nitro groups is 1. The number of nitrogens with one attached hydrogen (secondary N) is 2. The van der Waals surface area contributed by atoms with Gasteiger partial charge in [0.2, 0.25) is 11.7 Å². The van der Waals surface area contributed by atoms with Gasteiger partial charge in [0, 0.05) is 66.8 Å². The summed E-state index contributed by atoms with van der Waals surface area (Å²) in [7, 11) is 3.03. The molecule has 1 fully saturated rings. The molecule has 4 N–H and O–H groups in total. The maximum atomic E-state index is 13.6. The molecule has 0 saturated heterocycles. The molecule has 16 nitrogen and oxygen atoms in total. The van der Waals surface area contributed by atoms with Crippen LogP contribution in [0.25, 0.3) is 0 Å². The number of methoxy groups -OCH3 is 2. The molecule has 4 aromatic carbocycles. The molecule has 1 heterocycles. The number of ether oxygens (including phenoxy) is 5. The van der Waals surface area contributed by atoms with Gasteiger partial charge in [0.15, 0.2) is 0 Å². The summed E-state index contributed by atoms with van der Waals surface area (Å²) < 4.78 is 31.1. The van der Waals surface area contributed by atoms with Crippen LogP contribution in [0.2, 0.25) is 0 Å². The van der Waals surface area contributed by atoms with Crippen LogP contribution in [0.1, 0.15) is 68.9 Å². The van der Waals surface area contributed by atoms with Crippen molar-refractivity contribution in [2.75, 3.05) is 44.7 Å². The van der Waals surface area contributed by atoms with Crippen LogP contribution in [-0.4, -0.2) is 77.9 Å². The van der Waals surface area contributed by atoms with Crippen molar-refractivity contribution in [2.24, 2.45) is 22.9 Å². The lowest BCUT2D eigenvalue weighted by Crippen LogP contribution is -2.64. The molecule has 2 amide bonds. The fourth-order valence-electron chi connectivity index (χ4n) is 9.52. The number of nitro benzene ring substituents is 1. The summed E-state index contributed by atoms with van der Waals surface area (Å²) >= 11 is 1.56. The normalized spacial score (nSPS) is 21.8. The number of hydrogen-bond donors (Lipinski definition) is 4. The molecule has 2 aliphatic carbocycles. The lowest BCUT2D eigenvalue weighted by molar-refractivity contribution is -0.384. The van der Waals surface area contributed by atoms with E-state index in [4.69, 9.17) is 33.7 Å². The van der Waals surface area contributed by atoms with Crippen molar-refractivity contribution in [2.45, 2.75) is 80.3 Å². The molecule has 0 unspecified atom stereocenters. The number of benzene rings is 4. The first kappa shape index (κ1) is 49.5. The Bertz CT molecular complexity index is 2480. The van der Waals surface area contributed by atoms with Crippen LogP contribution in [0.15, 0.2) is 119 Å². The average Bonchev–Trinajstić information content (AvgIpc) is 3.33. The SMILES string of the molecule is C=CCO[C@@]12Oc3ccc(OC(=O)Nc4ccc(OC)cc4OC)cc3[C@H]3[C@H](CCCCO)[C@@H](CCCCO)C=C(C(=NOCc4ccc([N+](=O)[O-])cc4)C[C@@H]1Sc1ccc(NC(C)=O)cc1)[C@H]32. The fourth-order valence-corrected chi connectivity index (χ4v) is 10.8. The molecule has 1 saturated carbocycles. The van der Waals surface area contributed by atoms with Crippen LogP contribution in [0, 0.1) is 27.9 Å². The maximum Gasteiger partial charge on any atom is 0.417 e. The summed E-state index contributed by atoms with van der Waals surface area (Å²) in [6.07, 6.45) is 7.78. The third-order valence-corrected chi connectivity index (χ3v) is 13.8. The van der Waals surface area contributed by atoms with Gasteiger partial charge >= 0.3 is 6.09 Å². The number of allylic oxidation sites excluding steroid dienone is 1. The van der Waals surface area contributed by atoms with Crippen molar-refractivity contribution >= 4 is 46.5 Å². The number of unbranched alkanes of at least 4 members (excludes halogenated alkanes) is 2. The Morgan fingerprint density at radius 3 is 2.35 bits per heavy atom. The van der Waals surface area contributed by atoms with Gasteiger partial charge in [-0.25, -0.2) is 4.79 Å². The molecule has 7 rings (SSSR count). The van der Waals surface area contributed by atoms with E-state index in [-0.39, 0.29) is 61.5 Å². The van der Waals surface area contributed by atoms with Gasteiger partial charge in [0.1, 0.15) is 29.6 Å². The van der Waals surface area contributed by atoms with Gasteiger partial charge in [-0.05, 0) is 115 Å². The molecule has 360 valence electrons. The highest BCUT2D eigenvalue weighted by molar-refractivity contribution is 8.00. The Labute approximate surface area is 399 Å². The summed E-state index contributed by atoms with van der Waals surface area (Å²) in [5.74, 6) is -0.564. The first-order valence-corrected chi connectivity index (χ1v) is 23.6. The van der Waals surface area contributed by atoms with Gasteiger partial charge in [-0.2, -0.15) is 0 Å². The van der Waals surface area contributed by atoms with Crippen LogP contribution in [0.4, 0.5) is 21.9 Å². The highest BCUT2D eigenvalue weighted by Crippen LogP contribution is 2.63. The Kier molecular flexibility index (Phi) is 16.8. The van der Waals surface area contributed by atoms with E-state index in [2.05, 4.69) is 23.3 Å². The Morgan fingerprint density at radius 2 is 1.68 bits per heavy atom. The summed E-state index contributed by atoms with van der Waals surface area (Å²) in [4.78, 5) is 43.4. The summed E-state index contributed by atoms with van der Waals surface area (Å²) in [5.41, 5.74) is 4.08. The number of carbonyl (C=O) groups is 2. The number of non-ortho nitro benzene ring substituents is 1. The molecular weight excluding hydrogens is 893 g/mol. The Balaban J connectivity index is 1.35. The number of oxime groups is 1. The molecule has 0 bridgehead atoms. The molecule has 0 radical (unpaired) electrons. The van der Waals surface area contributed by atoms with E-state index in [0.29, 0.717) is 59.2 Å². The number of nitrogens with zero attached hydrogens (tertiary/aromatic N) is 2. The summed E-state index contributed by atoms with van der Waals surface area (Å²) in [6.45, 7) is 5.77. The smallest absolute Gasteiger partial charge is 0.417 e. The van der Waals surface area contributed by atoms with Gasteiger partial charge < -0.3 is 44.1 Å². The predicted molar refractivity (Wildman–Crippen MR) is 259 cm³/mol. The quantitative estimate of drug-likeness (QED) is 0.0251. The number of amides is 2. The van der Waals surface area contributed by atoms with Gasteiger partial charge in [0.25, 0.3) is 5.69 Å². The largest absolute Gasteiger partial charge is 0.497 e. The maximum absolute atomic E-state index is 13.6. The number of thioether (sulfide) groups is 1. The zero-order chi connectivity index (χ0) is 48.2. The molecule has 0 spiro atoms.